The van der Waals surface area contributed by atoms with Crippen LogP contribution in [-0.4, -0.2) is 10.2 Å². The molecule has 2 aromatic rings. The summed E-state index contributed by atoms with van der Waals surface area (Å²) in [6.07, 6.45) is 0. The van der Waals surface area contributed by atoms with Crippen molar-refractivity contribution < 1.29 is 10.2 Å². The lowest BCUT2D eigenvalue weighted by Crippen LogP contribution is -1.72. The summed E-state index contributed by atoms with van der Waals surface area (Å²) >= 11 is 1.57. The van der Waals surface area contributed by atoms with Gasteiger partial charge in [-0.3, -0.25) is 0 Å². The van der Waals surface area contributed by atoms with Crippen molar-refractivity contribution in [3.05, 3.63) is 35.7 Å². The number of benzene rings is 1. The second-order valence-corrected chi connectivity index (χ2v) is 3.66. The Labute approximate surface area is 79.7 Å². The van der Waals surface area contributed by atoms with Gasteiger partial charge in [-0.05, 0) is 29.1 Å². The highest BCUT2D eigenvalue weighted by molar-refractivity contribution is 7.13. The monoisotopic (exact) mass is 192 g/mol. The second kappa shape index (κ2) is 3.11. The largest absolute Gasteiger partial charge is 0.508 e. The van der Waals surface area contributed by atoms with E-state index in [9.17, 15) is 10.2 Å². The van der Waals surface area contributed by atoms with E-state index >= 15 is 0 Å². The Bertz CT molecular complexity index is 387. The predicted octanol–water partition coefficient (Wildman–Crippen LogP) is 2.83. The van der Waals surface area contributed by atoms with E-state index in [1.54, 1.807) is 23.5 Å². The van der Waals surface area contributed by atoms with Crippen molar-refractivity contribution in [2.75, 3.05) is 0 Å². The molecular formula is C10H8O2S. The predicted molar refractivity (Wildman–Crippen MR) is 53.1 cm³/mol. The van der Waals surface area contributed by atoms with Crippen LogP contribution in [0.1, 0.15) is 0 Å². The zero-order chi connectivity index (χ0) is 9.26. The van der Waals surface area contributed by atoms with Gasteiger partial charge >= 0.3 is 0 Å². The first-order chi connectivity index (χ1) is 6.25. The van der Waals surface area contributed by atoms with E-state index in [1.165, 1.54) is 6.07 Å². The Morgan fingerprint density at radius 3 is 2.23 bits per heavy atom. The highest BCUT2D eigenvalue weighted by atomic mass is 32.1. The summed E-state index contributed by atoms with van der Waals surface area (Å²) in [6.45, 7) is 0. The zero-order valence-electron chi connectivity index (χ0n) is 6.77. The van der Waals surface area contributed by atoms with Gasteiger partial charge in [0, 0.05) is 10.9 Å². The van der Waals surface area contributed by atoms with Gasteiger partial charge in [-0.1, -0.05) is 6.07 Å². The molecule has 0 saturated carbocycles. The summed E-state index contributed by atoms with van der Waals surface area (Å²) in [5.41, 5.74) is 0.840. The highest BCUT2D eigenvalue weighted by Crippen LogP contribution is 2.30. The smallest absolute Gasteiger partial charge is 0.119 e. The van der Waals surface area contributed by atoms with Crippen LogP contribution in [0.4, 0.5) is 0 Å². The van der Waals surface area contributed by atoms with Crippen LogP contribution in [0.5, 0.6) is 11.5 Å². The van der Waals surface area contributed by atoms with E-state index in [0.29, 0.717) is 0 Å². The van der Waals surface area contributed by atoms with Crippen LogP contribution >= 0.6 is 11.3 Å². The number of hydrogen-bond acceptors (Lipinski definition) is 3. The minimum atomic E-state index is 0.0865. The third-order valence-electron chi connectivity index (χ3n) is 1.71. The number of thiophene rings is 1. The lowest BCUT2D eigenvalue weighted by Gasteiger charge is -1.99. The van der Waals surface area contributed by atoms with Gasteiger partial charge in [0.05, 0.1) is 0 Å². The molecule has 2 nitrogen and oxygen atoms in total. The normalized spacial score (nSPS) is 10.2. The molecule has 0 saturated heterocycles. The molecule has 1 aromatic heterocycles. The van der Waals surface area contributed by atoms with E-state index < -0.39 is 0 Å². The third kappa shape index (κ3) is 1.65. The number of hydrogen-bond donors (Lipinski definition) is 2. The van der Waals surface area contributed by atoms with Crippen LogP contribution in [0.2, 0.25) is 0 Å². The lowest BCUT2D eigenvalue weighted by molar-refractivity contribution is 0.451. The van der Waals surface area contributed by atoms with Crippen molar-refractivity contribution in [3.63, 3.8) is 0 Å². The zero-order valence-corrected chi connectivity index (χ0v) is 7.58. The van der Waals surface area contributed by atoms with Gasteiger partial charge in [-0.25, -0.2) is 0 Å². The maximum Gasteiger partial charge on any atom is 0.119 e. The molecule has 3 heteroatoms. The summed E-state index contributed by atoms with van der Waals surface area (Å²) in [7, 11) is 0. The van der Waals surface area contributed by atoms with Crippen LogP contribution in [-0.2, 0) is 0 Å². The molecular weight excluding hydrogens is 184 g/mol. The fourth-order valence-electron chi connectivity index (χ4n) is 1.18. The summed E-state index contributed by atoms with van der Waals surface area (Å²) in [5.74, 6) is 0.173. The molecule has 0 atom stereocenters. The molecule has 13 heavy (non-hydrogen) atoms. The number of phenolic OH excluding ortho intramolecular Hbond substituents is 2. The van der Waals surface area contributed by atoms with E-state index in [0.717, 1.165) is 10.4 Å². The Kier molecular flexibility index (Phi) is 1.94. The molecule has 0 radical (unpaired) electrons. The molecule has 1 aromatic carbocycles. The Morgan fingerprint density at radius 2 is 1.69 bits per heavy atom. The van der Waals surface area contributed by atoms with Crippen molar-refractivity contribution in [1.82, 2.24) is 0 Å². The molecule has 0 aliphatic heterocycles. The molecule has 66 valence electrons. The van der Waals surface area contributed by atoms with Gasteiger partial charge in [0.25, 0.3) is 0 Å². The maximum atomic E-state index is 9.24. The molecule has 1 heterocycles. The quantitative estimate of drug-likeness (QED) is 0.729. The fraction of sp³-hybridized carbons (Fsp3) is 0. The summed E-state index contributed by atoms with van der Waals surface area (Å²) in [4.78, 5) is 1.03. The average molecular weight is 192 g/mol. The number of rotatable bonds is 1. The first-order valence-electron chi connectivity index (χ1n) is 3.82. The van der Waals surface area contributed by atoms with E-state index in [2.05, 4.69) is 0 Å². The molecule has 0 aliphatic rings. The Morgan fingerprint density at radius 1 is 1.00 bits per heavy atom. The second-order valence-electron chi connectivity index (χ2n) is 2.72. The minimum Gasteiger partial charge on any atom is -0.508 e. The summed E-state index contributed by atoms with van der Waals surface area (Å²) in [5, 5.41) is 20.4. The van der Waals surface area contributed by atoms with Crippen LogP contribution in [0, 0.1) is 0 Å². The first-order valence-corrected chi connectivity index (χ1v) is 4.70. The SMILES string of the molecule is Oc1cc(O)cc(-c2cccs2)c1. The topological polar surface area (TPSA) is 40.5 Å². The Balaban J connectivity index is 2.53. The number of aromatic hydroxyl groups is 2. The molecule has 0 aliphatic carbocycles. The van der Waals surface area contributed by atoms with Crippen LogP contribution < -0.4 is 0 Å². The molecule has 0 amide bonds. The van der Waals surface area contributed by atoms with E-state index in [1.807, 2.05) is 17.5 Å². The summed E-state index contributed by atoms with van der Waals surface area (Å²) < 4.78 is 0. The molecule has 0 fully saturated rings. The molecule has 0 bridgehead atoms. The van der Waals surface area contributed by atoms with Crippen molar-refractivity contribution in [1.29, 1.82) is 0 Å². The van der Waals surface area contributed by atoms with Gasteiger partial charge in [0.15, 0.2) is 0 Å². The van der Waals surface area contributed by atoms with Crippen molar-refractivity contribution >= 4 is 11.3 Å². The molecule has 2 rings (SSSR count). The highest BCUT2D eigenvalue weighted by Gasteiger charge is 2.01. The van der Waals surface area contributed by atoms with E-state index in [4.69, 9.17) is 0 Å². The van der Waals surface area contributed by atoms with Gasteiger partial charge in [-0.2, -0.15) is 0 Å². The van der Waals surface area contributed by atoms with Crippen molar-refractivity contribution in [2.45, 2.75) is 0 Å². The van der Waals surface area contributed by atoms with Gasteiger partial charge in [0.2, 0.25) is 0 Å². The summed E-state index contributed by atoms with van der Waals surface area (Å²) in [6, 6.07) is 8.45. The molecule has 0 spiro atoms. The lowest BCUT2D eigenvalue weighted by atomic mass is 10.2. The maximum absolute atomic E-state index is 9.24. The van der Waals surface area contributed by atoms with Crippen LogP contribution in [0.25, 0.3) is 10.4 Å². The fourth-order valence-corrected chi connectivity index (χ4v) is 1.90. The van der Waals surface area contributed by atoms with Gasteiger partial charge in [-0.15, -0.1) is 11.3 Å². The van der Waals surface area contributed by atoms with Crippen molar-refractivity contribution in [3.8, 4) is 21.9 Å². The van der Waals surface area contributed by atoms with Crippen molar-refractivity contribution in [2.24, 2.45) is 0 Å². The molecule has 0 unspecified atom stereocenters. The first kappa shape index (κ1) is 8.13. The van der Waals surface area contributed by atoms with Crippen LogP contribution in [0.3, 0.4) is 0 Å². The minimum absolute atomic E-state index is 0.0865. The van der Waals surface area contributed by atoms with Gasteiger partial charge < -0.3 is 10.2 Å². The molecule has 2 N–H and O–H groups in total. The number of phenols is 2. The standard InChI is InChI=1S/C10H8O2S/c11-8-4-7(5-9(12)6-8)10-2-1-3-13-10/h1-6,11-12H. The average Bonchev–Trinajstić information content (AvgIpc) is 2.53. The van der Waals surface area contributed by atoms with E-state index in [-0.39, 0.29) is 11.5 Å². The third-order valence-corrected chi connectivity index (χ3v) is 2.63. The van der Waals surface area contributed by atoms with Crippen LogP contribution in [0.15, 0.2) is 35.7 Å². The van der Waals surface area contributed by atoms with Gasteiger partial charge in [0.1, 0.15) is 11.5 Å². The Hall–Kier alpha value is -1.48.